The first-order valence-electron chi connectivity index (χ1n) is 5.69. The van der Waals surface area contributed by atoms with Gasteiger partial charge in [0.15, 0.2) is 5.41 Å². The number of anilines is 1. The number of alkyl halides is 3. The van der Waals surface area contributed by atoms with Crippen LogP contribution in [0.4, 0.5) is 24.8 Å². The van der Waals surface area contributed by atoms with Crippen LogP contribution in [0.15, 0.2) is 12.4 Å². The second-order valence-electron chi connectivity index (χ2n) is 4.55. The molecule has 1 saturated heterocycles. The summed E-state index contributed by atoms with van der Waals surface area (Å²) >= 11 is 0. The van der Waals surface area contributed by atoms with Crippen LogP contribution in [0.5, 0.6) is 0 Å². The minimum atomic E-state index is -4.91. The lowest BCUT2D eigenvalue weighted by molar-refractivity contribution is -0.385. The summed E-state index contributed by atoms with van der Waals surface area (Å²) in [4.78, 5) is 29.0. The summed E-state index contributed by atoms with van der Waals surface area (Å²) in [5.41, 5.74) is -3.28. The van der Waals surface area contributed by atoms with Gasteiger partial charge in [0.05, 0.1) is 4.92 Å². The van der Waals surface area contributed by atoms with Crippen molar-refractivity contribution in [3.8, 4) is 0 Å². The average Bonchev–Trinajstić information content (AvgIpc) is 2.84. The fourth-order valence-electron chi connectivity index (χ4n) is 2.08. The predicted octanol–water partition coefficient (Wildman–Crippen LogP) is 1.23. The number of aliphatic carboxylic acids is 1. The van der Waals surface area contributed by atoms with Gasteiger partial charge in [-0.25, -0.2) is 9.97 Å². The van der Waals surface area contributed by atoms with Crippen LogP contribution in [-0.4, -0.2) is 45.2 Å². The number of aromatic nitrogens is 2. The Morgan fingerprint density at radius 3 is 2.38 bits per heavy atom. The molecule has 1 aliphatic heterocycles. The van der Waals surface area contributed by atoms with E-state index in [2.05, 4.69) is 9.97 Å². The zero-order valence-corrected chi connectivity index (χ0v) is 10.4. The number of carboxylic acid groups (broad SMARTS) is 1. The molecule has 0 bridgehead atoms. The smallest absolute Gasteiger partial charge is 0.406 e. The molecule has 1 aromatic rings. The highest BCUT2D eigenvalue weighted by Crippen LogP contribution is 2.46. The summed E-state index contributed by atoms with van der Waals surface area (Å²) < 4.78 is 39.0. The molecule has 1 N–H and O–H groups in total. The maximum Gasteiger partial charge on any atom is 0.406 e. The van der Waals surface area contributed by atoms with Crippen LogP contribution in [0, 0.1) is 15.5 Å². The van der Waals surface area contributed by atoms with E-state index in [9.17, 15) is 28.1 Å². The molecule has 0 saturated carbocycles. The van der Waals surface area contributed by atoms with E-state index in [4.69, 9.17) is 5.11 Å². The Kier molecular flexibility index (Phi) is 3.43. The van der Waals surface area contributed by atoms with Crippen molar-refractivity contribution in [1.82, 2.24) is 9.97 Å². The number of hydrogen-bond acceptors (Lipinski definition) is 6. The van der Waals surface area contributed by atoms with Gasteiger partial charge in [-0.15, -0.1) is 0 Å². The van der Waals surface area contributed by atoms with Gasteiger partial charge < -0.3 is 10.0 Å². The van der Waals surface area contributed by atoms with Crippen LogP contribution in [0.1, 0.15) is 6.42 Å². The summed E-state index contributed by atoms with van der Waals surface area (Å²) in [6, 6.07) is 0. The van der Waals surface area contributed by atoms with Crippen LogP contribution in [0.3, 0.4) is 0 Å². The first kappa shape index (κ1) is 14.9. The van der Waals surface area contributed by atoms with E-state index < -0.39 is 41.1 Å². The molecule has 114 valence electrons. The van der Waals surface area contributed by atoms with E-state index >= 15 is 0 Å². The van der Waals surface area contributed by atoms with Gasteiger partial charge in [0.25, 0.3) is 0 Å². The molecule has 11 heteroatoms. The first-order valence-corrected chi connectivity index (χ1v) is 5.69. The van der Waals surface area contributed by atoms with Crippen molar-refractivity contribution >= 4 is 17.6 Å². The van der Waals surface area contributed by atoms with E-state index in [-0.39, 0.29) is 12.5 Å². The standard InChI is InChI=1S/C10H9F3N4O4/c11-10(12,13)9(7(18)19)1-2-16(5-9)8-14-3-6(4-15-8)17(20)21/h3-4H,1-2,5H2,(H,18,19). The highest BCUT2D eigenvalue weighted by atomic mass is 19.4. The van der Waals surface area contributed by atoms with Crippen molar-refractivity contribution in [3.05, 3.63) is 22.5 Å². The van der Waals surface area contributed by atoms with Crippen molar-refractivity contribution in [2.75, 3.05) is 18.0 Å². The summed E-state index contributed by atoms with van der Waals surface area (Å²) in [7, 11) is 0. The minimum absolute atomic E-state index is 0.173. The van der Waals surface area contributed by atoms with Gasteiger partial charge in [-0.2, -0.15) is 13.2 Å². The largest absolute Gasteiger partial charge is 0.481 e. The van der Waals surface area contributed by atoms with Crippen molar-refractivity contribution < 1.29 is 28.0 Å². The molecule has 0 aromatic carbocycles. The molecule has 0 spiro atoms. The summed E-state index contributed by atoms with van der Waals surface area (Å²) in [5.74, 6) is -2.13. The SMILES string of the molecule is O=C(O)C1(C(F)(F)F)CCN(c2ncc([N+](=O)[O-])cn2)C1. The van der Waals surface area contributed by atoms with Gasteiger partial charge in [0.1, 0.15) is 12.4 Å². The monoisotopic (exact) mass is 306 g/mol. The molecule has 1 atom stereocenters. The molecule has 1 aromatic heterocycles. The number of nitrogens with zero attached hydrogens (tertiary/aromatic N) is 4. The highest BCUT2D eigenvalue weighted by molar-refractivity contribution is 5.77. The average molecular weight is 306 g/mol. The topological polar surface area (TPSA) is 109 Å². The molecule has 21 heavy (non-hydrogen) atoms. The maximum atomic E-state index is 13.0. The lowest BCUT2D eigenvalue weighted by Crippen LogP contribution is -2.47. The van der Waals surface area contributed by atoms with E-state index in [1.54, 1.807) is 0 Å². The number of nitro groups is 1. The van der Waals surface area contributed by atoms with E-state index in [0.29, 0.717) is 0 Å². The summed E-state index contributed by atoms with van der Waals surface area (Å²) in [5, 5.41) is 19.3. The van der Waals surface area contributed by atoms with Crippen molar-refractivity contribution in [2.24, 2.45) is 5.41 Å². The van der Waals surface area contributed by atoms with Gasteiger partial charge in [0, 0.05) is 13.1 Å². The maximum absolute atomic E-state index is 13.0. The second-order valence-corrected chi connectivity index (χ2v) is 4.55. The summed E-state index contributed by atoms with van der Waals surface area (Å²) in [6.07, 6.45) is -3.83. The van der Waals surface area contributed by atoms with Crippen LogP contribution < -0.4 is 4.90 Å². The lowest BCUT2D eigenvalue weighted by atomic mass is 9.86. The van der Waals surface area contributed by atoms with Crippen LogP contribution in [-0.2, 0) is 4.79 Å². The zero-order valence-electron chi connectivity index (χ0n) is 10.4. The first-order chi connectivity index (χ1) is 9.67. The minimum Gasteiger partial charge on any atom is -0.481 e. The van der Waals surface area contributed by atoms with Gasteiger partial charge in [-0.05, 0) is 6.42 Å². The number of rotatable bonds is 3. The lowest BCUT2D eigenvalue weighted by Gasteiger charge is -2.27. The second kappa shape index (κ2) is 4.82. The third-order valence-corrected chi connectivity index (χ3v) is 3.34. The van der Waals surface area contributed by atoms with Crippen LogP contribution in [0.2, 0.25) is 0 Å². The molecule has 2 rings (SSSR count). The summed E-state index contributed by atoms with van der Waals surface area (Å²) in [6.45, 7) is -1.03. The number of carbonyl (C=O) groups is 1. The Hall–Kier alpha value is -2.46. The molecular formula is C10H9F3N4O4. The molecule has 1 unspecified atom stereocenters. The van der Waals surface area contributed by atoms with Crippen molar-refractivity contribution in [3.63, 3.8) is 0 Å². The van der Waals surface area contributed by atoms with Gasteiger partial charge >= 0.3 is 17.8 Å². The van der Waals surface area contributed by atoms with Crippen LogP contribution in [0.25, 0.3) is 0 Å². The Morgan fingerprint density at radius 2 is 2.00 bits per heavy atom. The molecule has 2 heterocycles. The van der Waals surface area contributed by atoms with E-state index in [0.717, 1.165) is 17.3 Å². The van der Waals surface area contributed by atoms with Crippen molar-refractivity contribution in [1.29, 1.82) is 0 Å². The number of halogens is 3. The third-order valence-electron chi connectivity index (χ3n) is 3.34. The van der Waals surface area contributed by atoms with Gasteiger partial charge in [-0.3, -0.25) is 14.9 Å². The zero-order chi connectivity index (χ0) is 15.8. The fourth-order valence-corrected chi connectivity index (χ4v) is 2.08. The fraction of sp³-hybridized carbons (Fsp3) is 0.500. The highest BCUT2D eigenvalue weighted by Gasteiger charge is 2.64. The quantitative estimate of drug-likeness (QED) is 0.660. The normalized spacial score (nSPS) is 22.3. The molecular weight excluding hydrogens is 297 g/mol. The Bertz CT molecular complexity index is 577. The van der Waals surface area contributed by atoms with Crippen LogP contribution >= 0.6 is 0 Å². The third kappa shape index (κ3) is 2.45. The molecule has 0 amide bonds. The van der Waals surface area contributed by atoms with E-state index in [1.807, 2.05) is 0 Å². The van der Waals surface area contributed by atoms with E-state index in [1.165, 1.54) is 0 Å². The predicted molar refractivity (Wildman–Crippen MR) is 61.6 cm³/mol. The number of carboxylic acids is 1. The Labute approximate surface area is 115 Å². The molecule has 0 aliphatic carbocycles. The molecule has 1 fully saturated rings. The number of hydrogen-bond donors (Lipinski definition) is 1. The van der Waals surface area contributed by atoms with Gasteiger partial charge in [-0.1, -0.05) is 0 Å². The van der Waals surface area contributed by atoms with Crippen molar-refractivity contribution in [2.45, 2.75) is 12.6 Å². The van der Waals surface area contributed by atoms with Gasteiger partial charge in [0.2, 0.25) is 5.95 Å². The molecule has 8 nitrogen and oxygen atoms in total. The Morgan fingerprint density at radius 1 is 1.43 bits per heavy atom. The molecule has 1 aliphatic rings. The Balaban J connectivity index is 2.25. The molecule has 0 radical (unpaired) electrons.